The molecule has 0 saturated heterocycles. The van der Waals surface area contributed by atoms with Crippen molar-refractivity contribution in [3.05, 3.63) is 23.8 Å². The second kappa shape index (κ2) is 3.26. The summed E-state index contributed by atoms with van der Waals surface area (Å²) in [6.45, 7) is 1.42. The molecule has 0 aromatic heterocycles. The fourth-order valence-corrected chi connectivity index (χ4v) is 0.985. The Bertz CT molecular complexity index is 307. The van der Waals surface area contributed by atoms with E-state index in [9.17, 15) is 9.90 Å². The first-order valence-corrected chi connectivity index (χ1v) is 3.67. The van der Waals surface area contributed by atoms with Crippen LogP contribution in [0.25, 0.3) is 0 Å². The van der Waals surface area contributed by atoms with E-state index in [1.165, 1.54) is 13.0 Å². The number of benzene rings is 1. The van der Waals surface area contributed by atoms with Gasteiger partial charge in [-0.3, -0.25) is 4.79 Å². The van der Waals surface area contributed by atoms with Crippen molar-refractivity contribution in [2.75, 3.05) is 12.4 Å². The lowest BCUT2D eigenvalue weighted by molar-refractivity contribution is 0.101. The van der Waals surface area contributed by atoms with Crippen LogP contribution in [0.3, 0.4) is 0 Å². The lowest BCUT2D eigenvalue weighted by Crippen LogP contribution is -1.94. The van der Waals surface area contributed by atoms with Gasteiger partial charge < -0.3 is 10.4 Å². The topological polar surface area (TPSA) is 49.3 Å². The number of carbonyl (C=O) groups excluding carboxylic acids is 1. The van der Waals surface area contributed by atoms with E-state index in [1.54, 1.807) is 19.2 Å². The van der Waals surface area contributed by atoms with Crippen LogP contribution in [-0.4, -0.2) is 17.9 Å². The van der Waals surface area contributed by atoms with Crippen LogP contribution in [-0.2, 0) is 0 Å². The highest BCUT2D eigenvalue weighted by Gasteiger charge is 2.05. The van der Waals surface area contributed by atoms with E-state index in [0.717, 1.165) is 5.69 Å². The zero-order chi connectivity index (χ0) is 9.14. The average Bonchev–Trinajstić information content (AvgIpc) is 2.03. The molecule has 0 saturated carbocycles. The van der Waals surface area contributed by atoms with Gasteiger partial charge in [0.25, 0.3) is 0 Å². The molecule has 3 nitrogen and oxygen atoms in total. The van der Waals surface area contributed by atoms with Crippen LogP contribution in [0.5, 0.6) is 5.75 Å². The number of ketones is 1. The molecular weight excluding hydrogens is 154 g/mol. The number of Topliss-reactive ketones (excluding diaryl/α,β-unsaturated/α-hetero) is 1. The first kappa shape index (κ1) is 8.59. The maximum Gasteiger partial charge on any atom is 0.163 e. The van der Waals surface area contributed by atoms with E-state index < -0.39 is 0 Å². The predicted molar refractivity (Wildman–Crippen MR) is 47.7 cm³/mol. The number of phenols is 1. The van der Waals surface area contributed by atoms with Gasteiger partial charge in [-0.2, -0.15) is 0 Å². The van der Waals surface area contributed by atoms with Crippen molar-refractivity contribution >= 4 is 11.5 Å². The minimum atomic E-state index is -0.129. The lowest BCUT2D eigenvalue weighted by atomic mass is 10.1. The van der Waals surface area contributed by atoms with Crippen molar-refractivity contribution in [2.45, 2.75) is 6.92 Å². The molecule has 1 aromatic rings. The summed E-state index contributed by atoms with van der Waals surface area (Å²) in [6, 6.07) is 4.87. The van der Waals surface area contributed by atoms with Crippen molar-refractivity contribution in [1.82, 2.24) is 0 Å². The SMILES string of the molecule is CNc1ccc(C(C)=O)c(O)c1. The Hall–Kier alpha value is -1.51. The first-order chi connectivity index (χ1) is 5.65. The largest absolute Gasteiger partial charge is 0.507 e. The van der Waals surface area contributed by atoms with Gasteiger partial charge in [0.1, 0.15) is 5.75 Å². The first-order valence-electron chi connectivity index (χ1n) is 3.67. The molecule has 0 atom stereocenters. The molecule has 0 aliphatic carbocycles. The van der Waals surface area contributed by atoms with Gasteiger partial charge in [-0.05, 0) is 19.1 Å². The molecule has 0 heterocycles. The number of nitrogens with one attached hydrogen (secondary N) is 1. The Morgan fingerprint density at radius 3 is 2.58 bits per heavy atom. The maximum atomic E-state index is 10.9. The van der Waals surface area contributed by atoms with E-state index in [0.29, 0.717) is 5.56 Å². The molecule has 0 fully saturated rings. The summed E-state index contributed by atoms with van der Waals surface area (Å²) in [6.07, 6.45) is 0. The molecule has 3 heteroatoms. The fraction of sp³-hybridized carbons (Fsp3) is 0.222. The third-order valence-electron chi connectivity index (χ3n) is 1.67. The summed E-state index contributed by atoms with van der Waals surface area (Å²) in [5.74, 6) is -0.107. The van der Waals surface area contributed by atoms with Gasteiger partial charge in [-0.1, -0.05) is 0 Å². The zero-order valence-electron chi connectivity index (χ0n) is 7.09. The molecule has 64 valence electrons. The van der Waals surface area contributed by atoms with Crippen LogP contribution in [0, 0.1) is 0 Å². The molecule has 1 rings (SSSR count). The molecule has 2 N–H and O–H groups in total. The number of phenolic OH excluding ortho intramolecular Hbond substituents is 1. The van der Waals surface area contributed by atoms with Crippen LogP contribution in [0.1, 0.15) is 17.3 Å². The van der Waals surface area contributed by atoms with Crippen molar-refractivity contribution in [3.63, 3.8) is 0 Å². The van der Waals surface area contributed by atoms with Crippen LogP contribution in [0.2, 0.25) is 0 Å². The van der Waals surface area contributed by atoms with Gasteiger partial charge in [-0.15, -0.1) is 0 Å². The summed E-state index contributed by atoms with van der Waals surface area (Å²) < 4.78 is 0. The molecule has 0 radical (unpaired) electrons. The second-order valence-corrected chi connectivity index (χ2v) is 2.54. The van der Waals surface area contributed by atoms with Crippen molar-refractivity contribution in [1.29, 1.82) is 0 Å². The van der Waals surface area contributed by atoms with E-state index in [1.807, 2.05) is 0 Å². The molecule has 0 aliphatic heterocycles. The number of carbonyl (C=O) groups is 1. The van der Waals surface area contributed by atoms with E-state index >= 15 is 0 Å². The Balaban J connectivity index is 3.12. The highest BCUT2D eigenvalue weighted by atomic mass is 16.3. The maximum absolute atomic E-state index is 10.9. The number of hydrogen-bond donors (Lipinski definition) is 2. The second-order valence-electron chi connectivity index (χ2n) is 2.54. The van der Waals surface area contributed by atoms with Gasteiger partial charge in [0.15, 0.2) is 5.78 Å². The molecule has 0 bridgehead atoms. The molecule has 1 aromatic carbocycles. The van der Waals surface area contributed by atoms with Gasteiger partial charge in [-0.25, -0.2) is 0 Å². The number of hydrogen-bond acceptors (Lipinski definition) is 3. The molecular formula is C9H11NO2. The standard InChI is InChI=1S/C9H11NO2/c1-6(11)8-4-3-7(10-2)5-9(8)12/h3-5,10,12H,1-2H3. The van der Waals surface area contributed by atoms with Crippen LogP contribution < -0.4 is 5.32 Å². The van der Waals surface area contributed by atoms with Crippen molar-refractivity contribution in [2.24, 2.45) is 0 Å². The van der Waals surface area contributed by atoms with Crippen LogP contribution >= 0.6 is 0 Å². The molecule has 0 aliphatic rings. The number of anilines is 1. The summed E-state index contributed by atoms with van der Waals surface area (Å²) in [5, 5.41) is 12.2. The molecule has 0 spiro atoms. The van der Waals surface area contributed by atoms with Crippen LogP contribution in [0.4, 0.5) is 5.69 Å². The lowest BCUT2D eigenvalue weighted by Gasteiger charge is -2.03. The molecule has 0 amide bonds. The van der Waals surface area contributed by atoms with Crippen molar-refractivity contribution < 1.29 is 9.90 Å². The Morgan fingerprint density at radius 2 is 2.17 bits per heavy atom. The summed E-state index contributed by atoms with van der Waals surface area (Å²) in [7, 11) is 1.75. The normalized spacial score (nSPS) is 9.50. The quantitative estimate of drug-likeness (QED) is 0.655. The highest BCUT2D eigenvalue weighted by molar-refractivity contribution is 5.97. The summed E-state index contributed by atoms with van der Waals surface area (Å²) in [4.78, 5) is 10.9. The number of rotatable bonds is 2. The van der Waals surface area contributed by atoms with E-state index in [2.05, 4.69) is 5.32 Å². The van der Waals surface area contributed by atoms with Gasteiger partial charge in [0, 0.05) is 18.8 Å². The fourth-order valence-electron chi connectivity index (χ4n) is 0.985. The van der Waals surface area contributed by atoms with E-state index in [4.69, 9.17) is 0 Å². The predicted octanol–water partition coefficient (Wildman–Crippen LogP) is 1.64. The zero-order valence-corrected chi connectivity index (χ0v) is 7.09. The van der Waals surface area contributed by atoms with Gasteiger partial charge in [0.2, 0.25) is 0 Å². The smallest absolute Gasteiger partial charge is 0.163 e. The average molecular weight is 165 g/mol. The third kappa shape index (κ3) is 1.56. The Morgan fingerprint density at radius 1 is 1.50 bits per heavy atom. The highest BCUT2D eigenvalue weighted by Crippen LogP contribution is 2.21. The third-order valence-corrected chi connectivity index (χ3v) is 1.67. The molecule has 12 heavy (non-hydrogen) atoms. The van der Waals surface area contributed by atoms with Crippen LogP contribution in [0.15, 0.2) is 18.2 Å². The summed E-state index contributed by atoms with van der Waals surface area (Å²) >= 11 is 0. The van der Waals surface area contributed by atoms with Gasteiger partial charge >= 0.3 is 0 Å². The number of aromatic hydroxyl groups is 1. The van der Waals surface area contributed by atoms with Gasteiger partial charge in [0.05, 0.1) is 5.56 Å². The minimum Gasteiger partial charge on any atom is -0.507 e. The monoisotopic (exact) mass is 165 g/mol. The Kier molecular flexibility index (Phi) is 2.33. The van der Waals surface area contributed by atoms with E-state index in [-0.39, 0.29) is 11.5 Å². The summed E-state index contributed by atoms with van der Waals surface area (Å²) in [5.41, 5.74) is 1.14. The Labute approximate surface area is 71.0 Å². The minimum absolute atomic E-state index is 0.0225. The van der Waals surface area contributed by atoms with Crippen molar-refractivity contribution in [3.8, 4) is 5.75 Å². The molecule has 0 unspecified atom stereocenters.